The predicted molar refractivity (Wildman–Crippen MR) is 79.3 cm³/mol. The Morgan fingerprint density at radius 1 is 1.26 bits per heavy atom. The normalized spacial score (nSPS) is 12.6. The maximum Gasteiger partial charge on any atom is 0.0750 e. The fraction of sp³-hybridized carbons (Fsp3) is 0.438. The molecule has 0 radical (unpaired) electrons. The molecule has 0 aliphatic heterocycles. The van der Waals surface area contributed by atoms with Crippen molar-refractivity contribution in [1.82, 2.24) is 15.1 Å². The smallest absolute Gasteiger partial charge is 0.0750 e. The number of aromatic nitrogens is 2. The van der Waals surface area contributed by atoms with Crippen LogP contribution in [-0.2, 0) is 13.5 Å². The van der Waals surface area contributed by atoms with Gasteiger partial charge in [0.1, 0.15) is 0 Å². The van der Waals surface area contributed by atoms with Gasteiger partial charge in [0.25, 0.3) is 0 Å². The van der Waals surface area contributed by atoms with Crippen molar-refractivity contribution in [3.8, 4) is 0 Å². The molecular formula is C16H23N3. The van der Waals surface area contributed by atoms with E-state index in [-0.39, 0.29) is 6.04 Å². The molecule has 0 saturated carbocycles. The van der Waals surface area contributed by atoms with Gasteiger partial charge in [0, 0.05) is 7.05 Å². The Morgan fingerprint density at radius 3 is 2.58 bits per heavy atom. The molecule has 2 rings (SSSR count). The van der Waals surface area contributed by atoms with Gasteiger partial charge in [-0.1, -0.05) is 38.1 Å². The topological polar surface area (TPSA) is 29.9 Å². The molecule has 1 N–H and O–H groups in total. The third-order valence-corrected chi connectivity index (χ3v) is 3.53. The van der Waals surface area contributed by atoms with Gasteiger partial charge in [0.15, 0.2) is 0 Å². The molecule has 0 bridgehead atoms. The van der Waals surface area contributed by atoms with E-state index in [1.54, 1.807) is 0 Å². The number of nitrogens with zero attached hydrogens (tertiary/aromatic N) is 2. The first-order valence-electron chi connectivity index (χ1n) is 6.99. The predicted octanol–water partition coefficient (Wildman–Crippen LogP) is 2.99. The lowest BCUT2D eigenvalue weighted by Crippen LogP contribution is -2.24. The van der Waals surface area contributed by atoms with E-state index in [1.807, 2.05) is 11.7 Å². The Labute approximate surface area is 115 Å². The Hall–Kier alpha value is -1.61. The fourth-order valence-electron chi connectivity index (χ4n) is 2.47. The zero-order chi connectivity index (χ0) is 13.8. The first-order valence-corrected chi connectivity index (χ1v) is 6.99. The quantitative estimate of drug-likeness (QED) is 0.892. The van der Waals surface area contributed by atoms with Gasteiger partial charge in [-0.25, -0.2) is 0 Å². The Kier molecular flexibility index (Phi) is 4.38. The van der Waals surface area contributed by atoms with Crippen LogP contribution in [0.4, 0.5) is 0 Å². The van der Waals surface area contributed by atoms with Crippen LogP contribution in [0.15, 0.2) is 30.3 Å². The number of nitrogens with one attached hydrogen (secondary N) is 1. The van der Waals surface area contributed by atoms with Crippen molar-refractivity contribution in [3.05, 3.63) is 52.8 Å². The van der Waals surface area contributed by atoms with E-state index in [0.717, 1.165) is 18.7 Å². The third-order valence-electron chi connectivity index (χ3n) is 3.53. The Morgan fingerprint density at radius 2 is 2.00 bits per heavy atom. The van der Waals surface area contributed by atoms with Gasteiger partial charge in [-0.2, -0.15) is 5.10 Å². The van der Waals surface area contributed by atoms with E-state index in [2.05, 4.69) is 61.5 Å². The molecule has 1 aromatic carbocycles. The minimum atomic E-state index is 0.212. The van der Waals surface area contributed by atoms with Crippen LogP contribution in [0.25, 0.3) is 0 Å². The van der Waals surface area contributed by atoms with E-state index >= 15 is 0 Å². The van der Waals surface area contributed by atoms with Gasteiger partial charge in [-0.3, -0.25) is 4.68 Å². The van der Waals surface area contributed by atoms with Crippen LogP contribution in [0, 0.1) is 6.92 Å². The summed E-state index contributed by atoms with van der Waals surface area (Å²) < 4.78 is 2.00. The molecule has 0 saturated heterocycles. The Bertz CT molecular complexity index is 543. The molecule has 19 heavy (non-hydrogen) atoms. The molecule has 102 valence electrons. The number of hydrogen-bond donors (Lipinski definition) is 1. The minimum absolute atomic E-state index is 0.212. The summed E-state index contributed by atoms with van der Waals surface area (Å²) in [4.78, 5) is 0. The molecule has 0 aliphatic rings. The maximum absolute atomic E-state index is 4.56. The summed E-state index contributed by atoms with van der Waals surface area (Å²) >= 11 is 0. The average Bonchev–Trinajstić information content (AvgIpc) is 2.78. The van der Waals surface area contributed by atoms with Crippen molar-refractivity contribution in [1.29, 1.82) is 0 Å². The summed E-state index contributed by atoms with van der Waals surface area (Å²) in [7, 11) is 2.02. The lowest BCUT2D eigenvalue weighted by molar-refractivity contribution is 0.569. The van der Waals surface area contributed by atoms with E-state index in [4.69, 9.17) is 0 Å². The number of hydrogen-bond acceptors (Lipinski definition) is 2. The van der Waals surface area contributed by atoms with E-state index in [0.29, 0.717) is 0 Å². The van der Waals surface area contributed by atoms with Crippen molar-refractivity contribution in [3.63, 3.8) is 0 Å². The lowest BCUT2D eigenvalue weighted by atomic mass is 9.98. The van der Waals surface area contributed by atoms with Gasteiger partial charge in [-0.15, -0.1) is 0 Å². The first-order chi connectivity index (χ1) is 9.17. The van der Waals surface area contributed by atoms with E-state index in [1.165, 1.54) is 16.8 Å². The molecule has 3 nitrogen and oxygen atoms in total. The second-order valence-corrected chi connectivity index (χ2v) is 4.88. The van der Waals surface area contributed by atoms with Gasteiger partial charge >= 0.3 is 0 Å². The highest BCUT2D eigenvalue weighted by Crippen LogP contribution is 2.25. The molecule has 0 aliphatic carbocycles. The summed E-state index contributed by atoms with van der Waals surface area (Å²) in [5, 5.41) is 8.14. The zero-order valence-electron chi connectivity index (χ0n) is 12.3. The summed E-state index contributed by atoms with van der Waals surface area (Å²) in [5.74, 6) is 0. The SMILES string of the molecule is CCNC(c1ccccc1C)c1cc(CC)nn1C. The Balaban J connectivity index is 2.45. The zero-order valence-corrected chi connectivity index (χ0v) is 12.3. The van der Waals surface area contributed by atoms with Crippen LogP contribution in [0.1, 0.15) is 42.4 Å². The van der Waals surface area contributed by atoms with Crippen molar-refractivity contribution < 1.29 is 0 Å². The molecule has 0 fully saturated rings. The van der Waals surface area contributed by atoms with Crippen LogP contribution in [0.2, 0.25) is 0 Å². The number of rotatable bonds is 5. The van der Waals surface area contributed by atoms with Crippen molar-refractivity contribution >= 4 is 0 Å². The van der Waals surface area contributed by atoms with Gasteiger partial charge in [-0.05, 0) is 37.1 Å². The van der Waals surface area contributed by atoms with Crippen LogP contribution in [0.3, 0.4) is 0 Å². The lowest BCUT2D eigenvalue weighted by Gasteiger charge is -2.20. The maximum atomic E-state index is 4.56. The summed E-state index contributed by atoms with van der Waals surface area (Å²) in [6.45, 7) is 7.38. The summed E-state index contributed by atoms with van der Waals surface area (Å²) in [6, 6.07) is 11.0. The fourth-order valence-corrected chi connectivity index (χ4v) is 2.47. The summed E-state index contributed by atoms with van der Waals surface area (Å²) in [6.07, 6.45) is 0.973. The second-order valence-electron chi connectivity index (χ2n) is 4.88. The minimum Gasteiger partial charge on any atom is -0.305 e. The van der Waals surface area contributed by atoms with Gasteiger partial charge < -0.3 is 5.32 Å². The highest BCUT2D eigenvalue weighted by Gasteiger charge is 2.19. The second kappa shape index (κ2) is 6.02. The molecule has 1 heterocycles. The van der Waals surface area contributed by atoms with E-state index < -0.39 is 0 Å². The number of aryl methyl sites for hydroxylation is 3. The standard InChI is InChI=1S/C16H23N3/c1-5-13-11-15(19(4)18-13)16(17-6-2)14-10-8-7-9-12(14)3/h7-11,16-17H,5-6H2,1-4H3. The summed E-state index contributed by atoms with van der Waals surface area (Å²) in [5.41, 5.74) is 5.02. The monoisotopic (exact) mass is 257 g/mol. The average molecular weight is 257 g/mol. The number of benzene rings is 1. The van der Waals surface area contributed by atoms with Crippen molar-refractivity contribution in [2.75, 3.05) is 6.54 Å². The molecule has 0 amide bonds. The molecule has 2 aromatic rings. The molecular weight excluding hydrogens is 234 g/mol. The third kappa shape index (κ3) is 2.87. The van der Waals surface area contributed by atoms with Crippen LogP contribution in [0.5, 0.6) is 0 Å². The van der Waals surface area contributed by atoms with Crippen LogP contribution >= 0.6 is 0 Å². The van der Waals surface area contributed by atoms with E-state index in [9.17, 15) is 0 Å². The van der Waals surface area contributed by atoms with Gasteiger partial charge in [0.05, 0.1) is 17.4 Å². The molecule has 3 heteroatoms. The van der Waals surface area contributed by atoms with Crippen LogP contribution < -0.4 is 5.32 Å². The first kappa shape index (κ1) is 13.8. The molecule has 1 atom stereocenters. The van der Waals surface area contributed by atoms with Gasteiger partial charge in [0.2, 0.25) is 0 Å². The molecule has 0 spiro atoms. The molecule has 1 aromatic heterocycles. The molecule has 1 unspecified atom stereocenters. The largest absolute Gasteiger partial charge is 0.305 e. The highest BCUT2D eigenvalue weighted by atomic mass is 15.3. The highest BCUT2D eigenvalue weighted by molar-refractivity contribution is 5.35. The van der Waals surface area contributed by atoms with Crippen LogP contribution in [-0.4, -0.2) is 16.3 Å². The van der Waals surface area contributed by atoms with Crippen molar-refractivity contribution in [2.24, 2.45) is 7.05 Å². The van der Waals surface area contributed by atoms with Crippen molar-refractivity contribution in [2.45, 2.75) is 33.2 Å².